The molecule has 0 aliphatic carbocycles. The molecule has 22 heavy (non-hydrogen) atoms. The van der Waals surface area contributed by atoms with E-state index in [1.165, 1.54) is 0 Å². The van der Waals surface area contributed by atoms with Crippen LogP contribution in [0.1, 0.15) is 45.9 Å². The Morgan fingerprint density at radius 1 is 1.41 bits per heavy atom. The molecule has 7 nitrogen and oxygen atoms in total. The van der Waals surface area contributed by atoms with Gasteiger partial charge in [0.15, 0.2) is 5.82 Å². The zero-order valence-corrected chi connectivity index (χ0v) is 14.0. The fourth-order valence-electron chi connectivity index (χ4n) is 2.51. The molecule has 0 bridgehead atoms. The second-order valence-electron chi connectivity index (χ2n) is 6.81. The van der Waals surface area contributed by atoms with E-state index in [2.05, 4.69) is 15.4 Å². The molecule has 1 N–H and O–H groups in total. The standard InChI is InChI=1S/C15H27N5O2/c1-15(2,3)22-14(21)20-8-5-6-12(7-9-20)16-10-13-17-11-19(4)18-13/h11-12,16H,5-10H2,1-4H3. The van der Waals surface area contributed by atoms with Crippen molar-refractivity contribution in [3.63, 3.8) is 0 Å². The highest BCUT2D eigenvalue weighted by Crippen LogP contribution is 2.15. The van der Waals surface area contributed by atoms with Gasteiger partial charge in [0.2, 0.25) is 0 Å². The predicted octanol–water partition coefficient (Wildman–Crippen LogP) is 1.69. The molecular weight excluding hydrogens is 282 g/mol. The molecule has 1 atom stereocenters. The molecule has 0 radical (unpaired) electrons. The molecule has 0 spiro atoms. The third-order valence-corrected chi connectivity index (χ3v) is 3.58. The van der Waals surface area contributed by atoms with Crippen molar-refractivity contribution in [2.24, 2.45) is 7.05 Å². The summed E-state index contributed by atoms with van der Waals surface area (Å²) in [7, 11) is 1.86. The number of amides is 1. The van der Waals surface area contributed by atoms with Gasteiger partial charge in [-0.3, -0.25) is 4.68 Å². The fourth-order valence-corrected chi connectivity index (χ4v) is 2.51. The number of nitrogens with zero attached hydrogens (tertiary/aromatic N) is 4. The normalized spacial score (nSPS) is 19.8. The molecule has 1 aliphatic heterocycles. The Labute approximate surface area is 132 Å². The number of aryl methyl sites for hydroxylation is 1. The monoisotopic (exact) mass is 309 g/mol. The van der Waals surface area contributed by atoms with Crippen LogP contribution in [0, 0.1) is 0 Å². The minimum atomic E-state index is -0.439. The van der Waals surface area contributed by atoms with E-state index in [0.29, 0.717) is 12.6 Å². The first-order valence-electron chi connectivity index (χ1n) is 7.89. The fraction of sp³-hybridized carbons (Fsp3) is 0.800. The summed E-state index contributed by atoms with van der Waals surface area (Å²) in [5.41, 5.74) is -0.439. The van der Waals surface area contributed by atoms with E-state index in [1.807, 2.05) is 32.7 Å². The van der Waals surface area contributed by atoms with Gasteiger partial charge < -0.3 is 15.0 Å². The summed E-state index contributed by atoms with van der Waals surface area (Å²) in [4.78, 5) is 18.1. The molecule has 2 rings (SSSR count). The molecule has 1 fully saturated rings. The molecule has 1 aromatic rings. The average Bonchev–Trinajstić information content (AvgIpc) is 2.69. The quantitative estimate of drug-likeness (QED) is 0.920. The van der Waals surface area contributed by atoms with Gasteiger partial charge in [-0.1, -0.05) is 0 Å². The zero-order chi connectivity index (χ0) is 16.2. The Hall–Kier alpha value is -1.63. The van der Waals surface area contributed by atoms with E-state index >= 15 is 0 Å². The van der Waals surface area contributed by atoms with Crippen molar-refractivity contribution in [1.82, 2.24) is 25.0 Å². The lowest BCUT2D eigenvalue weighted by molar-refractivity contribution is 0.0256. The van der Waals surface area contributed by atoms with Gasteiger partial charge in [0.25, 0.3) is 0 Å². The highest BCUT2D eigenvalue weighted by atomic mass is 16.6. The van der Waals surface area contributed by atoms with Crippen molar-refractivity contribution in [2.45, 2.75) is 58.2 Å². The maximum Gasteiger partial charge on any atom is 0.410 e. The second-order valence-corrected chi connectivity index (χ2v) is 6.81. The van der Waals surface area contributed by atoms with E-state index in [4.69, 9.17) is 4.74 Å². The van der Waals surface area contributed by atoms with Crippen LogP contribution < -0.4 is 5.32 Å². The number of carbonyl (C=O) groups excluding carboxylic acids is 1. The first-order chi connectivity index (χ1) is 10.3. The SMILES string of the molecule is Cn1cnc(CNC2CCCN(C(=O)OC(C)(C)C)CC2)n1. The maximum atomic E-state index is 12.1. The summed E-state index contributed by atoms with van der Waals surface area (Å²) in [6.45, 7) is 7.84. The Bertz CT molecular complexity index is 494. The van der Waals surface area contributed by atoms with Crippen LogP contribution in [0.2, 0.25) is 0 Å². The molecule has 1 amide bonds. The zero-order valence-electron chi connectivity index (χ0n) is 14.0. The second kappa shape index (κ2) is 7.09. The van der Waals surface area contributed by atoms with E-state index in [9.17, 15) is 4.79 Å². The number of aromatic nitrogens is 3. The first kappa shape index (κ1) is 16.7. The van der Waals surface area contributed by atoms with Crippen molar-refractivity contribution >= 4 is 6.09 Å². The van der Waals surface area contributed by atoms with Crippen LogP contribution in [-0.4, -0.2) is 50.5 Å². The third-order valence-electron chi connectivity index (χ3n) is 3.58. The van der Waals surface area contributed by atoms with E-state index in [1.54, 1.807) is 11.0 Å². The van der Waals surface area contributed by atoms with Crippen LogP contribution >= 0.6 is 0 Å². The Morgan fingerprint density at radius 3 is 2.82 bits per heavy atom. The summed E-state index contributed by atoms with van der Waals surface area (Å²) in [6.07, 6.45) is 4.44. The molecular formula is C15H27N5O2. The molecule has 2 heterocycles. The minimum absolute atomic E-state index is 0.209. The molecule has 0 aromatic carbocycles. The molecule has 1 aliphatic rings. The van der Waals surface area contributed by atoms with Crippen LogP contribution in [0.5, 0.6) is 0 Å². The largest absolute Gasteiger partial charge is 0.444 e. The summed E-state index contributed by atoms with van der Waals surface area (Å²) in [5, 5.41) is 7.74. The molecule has 7 heteroatoms. The van der Waals surface area contributed by atoms with Crippen LogP contribution in [0.4, 0.5) is 4.79 Å². The maximum absolute atomic E-state index is 12.1. The highest BCUT2D eigenvalue weighted by Gasteiger charge is 2.25. The number of hydrogen-bond acceptors (Lipinski definition) is 5. The Kier molecular flexibility index (Phi) is 5.39. The van der Waals surface area contributed by atoms with Crippen molar-refractivity contribution in [3.8, 4) is 0 Å². The van der Waals surface area contributed by atoms with E-state index in [-0.39, 0.29) is 6.09 Å². The molecule has 1 unspecified atom stereocenters. The summed E-state index contributed by atoms with van der Waals surface area (Å²) < 4.78 is 7.15. The summed E-state index contributed by atoms with van der Waals surface area (Å²) in [6, 6.07) is 0.385. The van der Waals surface area contributed by atoms with Crippen molar-refractivity contribution in [2.75, 3.05) is 13.1 Å². The molecule has 0 saturated carbocycles. The molecule has 124 valence electrons. The Morgan fingerprint density at radius 2 is 2.18 bits per heavy atom. The predicted molar refractivity (Wildman–Crippen MR) is 83.3 cm³/mol. The van der Waals surface area contributed by atoms with Gasteiger partial charge in [-0.2, -0.15) is 5.10 Å². The van der Waals surface area contributed by atoms with Crippen molar-refractivity contribution < 1.29 is 9.53 Å². The van der Waals surface area contributed by atoms with Gasteiger partial charge in [-0.05, 0) is 40.0 Å². The van der Waals surface area contributed by atoms with Gasteiger partial charge in [0.1, 0.15) is 11.9 Å². The van der Waals surface area contributed by atoms with Crippen molar-refractivity contribution in [3.05, 3.63) is 12.2 Å². The summed E-state index contributed by atoms with van der Waals surface area (Å²) in [5.74, 6) is 0.802. The number of carbonyl (C=O) groups is 1. The van der Waals surface area contributed by atoms with E-state index in [0.717, 1.165) is 38.2 Å². The van der Waals surface area contributed by atoms with Gasteiger partial charge in [0.05, 0.1) is 6.54 Å². The lowest BCUT2D eigenvalue weighted by atomic mass is 10.1. The highest BCUT2D eigenvalue weighted by molar-refractivity contribution is 5.68. The first-order valence-corrected chi connectivity index (χ1v) is 7.89. The number of hydrogen-bond donors (Lipinski definition) is 1. The van der Waals surface area contributed by atoms with Crippen molar-refractivity contribution in [1.29, 1.82) is 0 Å². The van der Waals surface area contributed by atoms with Crippen LogP contribution in [-0.2, 0) is 18.3 Å². The number of rotatable bonds is 3. The van der Waals surface area contributed by atoms with Gasteiger partial charge in [-0.15, -0.1) is 0 Å². The smallest absolute Gasteiger partial charge is 0.410 e. The average molecular weight is 309 g/mol. The van der Waals surface area contributed by atoms with Gasteiger partial charge >= 0.3 is 6.09 Å². The van der Waals surface area contributed by atoms with Gasteiger partial charge in [-0.25, -0.2) is 9.78 Å². The molecule has 1 saturated heterocycles. The summed E-state index contributed by atoms with van der Waals surface area (Å²) >= 11 is 0. The van der Waals surface area contributed by atoms with Crippen LogP contribution in [0.25, 0.3) is 0 Å². The van der Waals surface area contributed by atoms with Gasteiger partial charge in [0, 0.05) is 26.2 Å². The number of nitrogens with one attached hydrogen (secondary N) is 1. The lowest BCUT2D eigenvalue weighted by Gasteiger charge is -2.26. The topological polar surface area (TPSA) is 72.3 Å². The van der Waals surface area contributed by atoms with Crippen LogP contribution in [0.3, 0.4) is 0 Å². The van der Waals surface area contributed by atoms with E-state index < -0.39 is 5.60 Å². The lowest BCUT2D eigenvalue weighted by Crippen LogP contribution is -2.38. The number of ether oxygens (including phenoxy) is 1. The minimum Gasteiger partial charge on any atom is -0.444 e. The number of likely N-dealkylation sites (tertiary alicyclic amines) is 1. The van der Waals surface area contributed by atoms with Crippen LogP contribution in [0.15, 0.2) is 6.33 Å². The Balaban J connectivity index is 1.78. The third kappa shape index (κ3) is 5.29. The molecule has 1 aromatic heterocycles.